The van der Waals surface area contributed by atoms with Crippen LogP contribution in [0.3, 0.4) is 0 Å². The van der Waals surface area contributed by atoms with Gasteiger partial charge in [0.15, 0.2) is 11.5 Å². The lowest BCUT2D eigenvalue weighted by Crippen LogP contribution is -2.50. The second-order valence-electron chi connectivity index (χ2n) is 6.06. The van der Waals surface area contributed by atoms with Crippen molar-refractivity contribution in [2.75, 3.05) is 19.9 Å². The fourth-order valence-corrected chi connectivity index (χ4v) is 3.66. The van der Waals surface area contributed by atoms with E-state index in [1.165, 1.54) is 11.3 Å². The lowest BCUT2D eigenvalue weighted by molar-refractivity contribution is -0.0388. The van der Waals surface area contributed by atoms with Crippen LogP contribution in [0.2, 0.25) is 0 Å². The first kappa shape index (κ1) is 15.4. The van der Waals surface area contributed by atoms with Crippen LogP contribution in [0.15, 0.2) is 23.6 Å². The highest BCUT2D eigenvalue weighted by atomic mass is 32.1. The van der Waals surface area contributed by atoms with Crippen LogP contribution in [0, 0.1) is 0 Å². The van der Waals surface area contributed by atoms with Gasteiger partial charge in [-0.25, -0.2) is 4.98 Å². The predicted molar refractivity (Wildman–Crippen MR) is 89.6 cm³/mol. The quantitative estimate of drug-likeness (QED) is 0.837. The van der Waals surface area contributed by atoms with E-state index in [9.17, 15) is 4.79 Å². The molecule has 0 unspecified atom stereocenters. The molecular weight excluding hydrogens is 328 g/mol. The van der Waals surface area contributed by atoms with Gasteiger partial charge in [0.05, 0.1) is 18.8 Å². The molecule has 2 aromatic rings. The number of carbonyl (C=O) groups is 1. The fraction of sp³-hybridized carbons (Fsp3) is 0.412. The van der Waals surface area contributed by atoms with Crippen LogP contribution in [0.25, 0.3) is 10.6 Å². The fourth-order valence-electron chi connectivity index (χ4n) is 2.87. The van der Waals surface area contributed by atoms with E-state index >= 15 is 0 Å². The van der Waals surface area contributed by atoms with Crippen molar-refractivity contribution in [1.29, 1.82) is 0 Å². The summed E-state index contributed by atoms with van der Waals surface area (Å²) in [6, 6.07) is 5.76. The van der Waals surface area contributed by atoms with Gasteiger partial charge in [0.1, 0.15) is 10.7 Å². The molecule has 0 radical (unpaired) electrons. The van der Waals surface area contributed by atoms with Gasteiger partial charge in [0.25, 0.3) is 5.91 Å². The Morgan fingerprint density at radius 3 is 3.00 bits per heavy atom. The van der Waals surface area contributed by atoms with E-state index in [1.807, 2.05) is 42.3 Å². The molecule has 24 heavy (non-hydrogen) atoms. The molecule has 126 valence electrons. The molecule has 2 atom stereocenters. The number of fused-ring (bicyclic) bond motifs is 1. The maximum Gasteiger partial charge on any atom is 0.273 e. The van der Waals surface area contributed by atoms with Crippen molar-refractivity contribution >= 4 is 17.2 Å². The highest BCUT2D eigenvalue weighted by Crippen LogP contribution is 2.36. The summed E-state index contributed by atoms with van der Waals surface area (Å²) in [5, 5.41) is 2.61. The van der Waals surface area contributed by atoms with E-state index in [2.05, 4.69) is 4.98 Å². The largest absolute Gasteiger partial charge is 0.454 e. The SMILES string of the molecule is C[C@@H]1CO[C@@H](C)CN1C(=O)c1csc(-c2ccc3c(c2)OCO3)n1. The minimum absolute atomic E-state index is 0.0408. The number of benzene rings is 1. The first-order chi connectivity index (χ1) is 11.6. The molecule has 1 saturated heterocycles. The van der Waals surface area contributed by atoms with E-state index in [0.29, 0.717) is 24.6 Å². The molecule has 2 aliphatic heterocycles. The predicted octanol–water partition coefficient (Wildman–Crippen LogP) is 2.79. The molecule has 4 rings (SSSR count). The van der Waals surface area contributed by atoms with E-state index in [4.69, 9.17) is 14.2 Å². The molecule has 0 aliphatic carbocycles. The van der Waals surface area contributed by atoms with Crippen molar-refractivity contribution in [1.82, 2.24) is 9.88 Å². The van der Waals surface area contributed by atoms with E-state index in [1.54, 1.807) is 0 Å². The number of aromatic nitrogens is 1. The zero-order valence-corrected chi connectivity index (χ0v) is 14.3. The third-order valence-corrected chi connectivity index (χ3v) is 5.10. The van der Waals surface area contributed by atoms with Crippen LogP contribution in [-0.2, 0) is 4.74 Å². The molecule has 0 bridgehead atoms. The summed E-state index contributed by atoms with van der Waals surface area (Å²) >= 11 is 1.46. The number of hydrogen-bond acceptors (Lipinski definition) is 6. The number of amides is 1. The lowest BCUT2D eigenvalue weighted by atomic mass is 10.2. The smallest absolute Gasteiger partial charge is 0.273 e. The Morgan fingerprint density at radius 1 is 1.29 bits per heavy atom. The molecule has 1 aromatic carbocycles. The molecule has 0 spiro atoms. The standard InChI is InChI=1S/C17H18N2O4S/c1-10-7-21-11(2)6-19(10)17(20)13-8-24-16(18-13)12-3-4-14-15(5-12)23-9-22-14/h3-5,8,10-11H,6-7,9H2,1-2H3/t10-,11+/m1/s1. The number of carbonyl (C=O) groups excluding carboxylic acids is 1. The lowest BCUT2D eigenvalue weighted by Gasteiger charge is -2.36. The number of hydrogen-bond donors (Lipinski definition) is 0. The summed E-state index contributed by atoms with van der Waals surface area (Å²) in [5.74, 6) is 1.41. The molecular formula is C17H18N2O4S. The van der Waals surface area contributed by atoms with Crippen molar-refractivity contribution in [2.24, 2.45) is 0 Å². The monoisotopic (exact) mass is 346 g/mol. The maximum atomic E-state index is 12.8. The van der Waals surface area contributed by atoms with Crippen LogP contribution in [-0.4, -0.2) is 47.9 Å². The maximum absolute atomic E-state index is 12.8. The molecule has 0 saturated carbocycles. The third-order valence-electron chi connectivity index (χ3n) is 4.21. The molecule has 0 N–H and O–H groups in total. The minimum atomic E-state index is -0.0408. The van der Waals surface area contributed by atoms with Gasteiger partial charge in [-0.3, -0.25) is 4.79 Å². The van der Waals surface area contributed by atoms with Crippen LogP contribution in [0.1, 0.15) is 24.3 Å². The summed E-state index contributed by atoms with van der Waals surface area (Å²) in [6.45, 7) is 5.37. The molecule has 1 fully saturated rings. The summed E-state index contributed by atoms with van der Waals surface area (Å²) in [4.78, 5) is 19.1. The van der Waals surface area contributed by atoms with Gasteiger partial charge in [-0.1, -0.05) is 0 Å². The van der Waals surface area contributed by atoms with Crippen molar-refractivity contribution in [3.8, 4) is 22.1 Å². The van der Waals surface area contributed by atoms with Gasteiger partial charge < -0.3 is 19.1 Å². The number of thiazole rings is 1. The number of ether oxygens (including phenoxy) is 3. The average molecular weight is 346 g/mol. The Balaban J connectivity index is 1.57. The highest BCUT2D eigenvalue weighted by molar-refractivity contribution is 7.13. The average Bonchev–Trinajstić information content (AvgIpc) is 3.24. The summed E-state index contributed by atoms with van der Waals surface area (Å²) in [7, 11) is 0. The highest BCUT2D eigenvalue weighted by Gasteiger charge is 2.29. The summed E-state index contributed by atoms with van der Waals surface area (Å²) in [5.41, 5.74) is 1.40. The Bertz CT molecular complexity index is 776. The Labute approximate surface area is 144 Å². The van der Waals surface area contributed by atoms with Crippen molar-refractivity contribution < 1.29 is 19.0 Å². The summed E-state index contributed by atoms with van der Waals surface area (Å²) < 4.78 is 16.3. The van der Waals surface area contributed by atoms with Crippen molar-refractivity contribution in [2.45, 2.75) is 26.0 Å². The van der Waals surface area contributed by atoms with E-state index in [-0.39, 0.29) is 24.8 Å². The second-order valence-corrected chi connectivity index (χ2v) is 6.91. The van der Waals surface area contributed by atoms with Crippen molar-refractivity contribution in [3.63, 3.8) is 0 Å². The Hall–Kier alpha value is -2.12. The number of rotatable bonds is 2. The molecule has 6 nitrogen and oxygen atoms in total. The van der Waals surface area contributed by atoms with Crippen molar-refractivity contribution in [3.05, 3.63) is 29.3 Å². The number of nitrogens with zero attached hydrogens (tertiary/aromatic N) is 2. The van der Waals surface area contributed by atoms with Crippen LogP contribution < -0.4 is 9.47 Å². The Kier molecular flexibility index (Phi) is 3.90. The number of morpholine rings is 1. The topological polar surface area (TPSA) is 60.9 Å². The van der Waals surface area contributed by atoms with Crippen LogP contribution in [0.4, 0.5) is 0 Å². The molecule has 3 heterocycles. The van der Waals surface area contributed by atoms with Gasteiger partial charge in [-0.2, -0.15) is 0 Å². The van der Waals surface area contributed by atoms with Crippen LogP contribution >= 0.6 is 11.3 Å². The van der Waals surface area contributed by atoms with Gasteiger partial charge in [-0.05, 0) is 32.0 Å². The van der Waals surface area contributed by atoms with Gasteiger partial charge in [0.2, 0.25) is 6.79 Å². The molecule has 2 aliphatic rings. The second kappa shape index (κ2) is 6.07. The first-order valence-electron chi connectivity index (χ1n) is 7.90. The Morgan fingerprint density at radius 2 is 2.12 bits per heavy atom. The molecule has 7 heteroatoms. The molecule has 1 amide bonds. The minimum Gasteiger partial charge on any atom is -0.454 e. The zero-order valence-electron chi connectivity index (χ0n) is 13.5. The van der Waals surface area contributed by atoms with Gasteiger partial charge in [-0.15, -0.1) is 11.3 Å². The third kappa shape index (κ3) is 2.74. The van der Waals surface area contributed by atoms with E-state index in [0.717, 1.165) is 16.3 Å². The van der Waals surface area contributed by atoms with Gasteiger partial charge in [0, 0.05) is 17.5 Å². The zero-order chi connectivity index (χ0) is 16.7. The summed E-state index contributed by atoms with van der Waals surface area (Å²) in [6.07, 6.45) is 0.0529. The first-order valence-corrected chi connectivity index (χ1v) is 8.78. The van der Waals surface area contributed by atoms with Gasteiger partial charge >= 0.3 is 0 Å². The van der Waals surface area contributed by atoms with Crippen LogP contribution in [0.5, 0.6) is 11.5 Å². The van der Waals surface area contributed by atoms with E-state index < -0.39 is 0 Å². The normalized spacial score (nSPS) is 22.7. The molecule has 1 aromatic heterocycles.